The zero-order valence-electron chi connectivity index (χ0n) is 17.7. The molecule has 31 heavy (non-hydrogen) atoms. The van der Waals surface area contributed by atoms with Crippen molar-refractivity contribution in [1.29, 1.82) is 0 Å². The van der Waals surface area contributed by atoms with E-state index in [4.69, 9.17) is 4.74 Å². The standard InChI is InChI=1S/C23H28N6O.HI/c1-24-23(26-14-19-9-11-25-22(13-19)30-17-18-7-8-18)27-15-20-5-2-3-6-21(20)16-29-12-4-10-28-29;/h2-6,9-13,18H,7-8,14-17H2,1H3,(H2,24,26,27);1H. The van der Waals surface area contributed by atoms with Crippen molar-refractivity contribution in [2.75, 3.05) is 13.7 Å². The highest BCUT2D eigenvalue weighted by Gasteiger charge is 2.22. The minimum absolute atomic E-state index is 0. The summed E-state index contributed by atoms with van der Waals surface area (Å²) in [5.41, 5.74) is 3.56. The molecule has 4 rings (SSSR count). The number of nitrogens with zero attached hydrogens (tertiary/aromatic N) is 4. The average Bonchev–Trinajstić information content (AvgIpc) is 3.48. The van der Waals surface area contributed by atoms with Gasteiger partial charge < -0.3 is 15.4 Å². The number of halogens is 1. The topological polar surface area (TPSA) is 76.4 Å². The molecule has 164 valence electrons. The van der Waals surface area contributed by atoms with E-state index in [1.165, 1.54) is 24.0 Å². The Kier molecular flexibility index (Phi) is 8.69. The van der Waals surface area contributed by atoms with Gasteiger partial charge in [-0.1, -0.05) is 24.3 Å². The van der Waals surface area contributed by atoms with E-state index < -0.39 is 0 Å². The summed E-state index contributed by atoms with van der Waals surface area (Å²) in [5, 5.41) is 11.1. The molecule has 1 aliphatic rings. The highest BCUT2D eigenvalue weighted by Crippen LogP contribution is 2.29. The first-order valence-corrected chi connectivity index (χ1v) is 10.4. The van der Waals surface area contributed by atoms with Gasteiger partial charge in [0, 0.05) is 44.8 Å². The summed E-state index contributed by atoms with van der Waals surface area (Å²) >= 11 is 0. The third-order valence-electron chi connectivity index (χ3n) is 5.10. The van der Waals surface area contributed by atoms with Crippen LogP contribution in [0.5, 0.6) is 5.88 Å². The van der Waals surface area contributed by atoms with E-state index in [-0.39, 0.29) is 24.0 Å². The van der Waals surface area contributed by atoms with Crippen LogP contribution in [0.3, 0.4) is 0 Å². The second-order valence-electron chi connectivity index (χ2n) is 7.51. The van der Waals surface area contributed by atoms with Crippen LogP contribution in [0.4, 0.5) is 0 Å². The lowest BCUT2D eigenvalue weighted by Gasteiger charge is -2.15. The first kappa shape index (κ1) is 23.1. The predicted octanol–water partition coefficient (Wildman–Crippen LogP) is 3.60. The number of pyridine rings is 1. The number of nitrogens with one attached hydrogen (secondary N) is 2. The molecule has 1 aromatic carbocycles. The lowest BCUT2D eigenvalue weighted by molar-refractivity contribution is 0.288. The molecular formula is C23H29IN6O. The molecule has 0 unspecified atom stereocenters. The van der Waals surface area contributed by atoms with Crippen LogP contribution in [0.2, 0.25) is 0 Å². The van der Waals surface area contributed by atoms with Gasteiger partial charge in [0.05, 0.1) is 13.2 Å². The van der Waals surface area contributed by atoms with E-state index in [2.05, 4.69) is 50.0 Å². The molecule has 7 nitrogen and oxygen atoms in total. The predicted molar refractivity (Wildman–Crippen MR) is 133 cm³/mol. The molecule has 3 aromatic rings. The Morgan fingerprint density at radius 3 is 2.65 bits per heavy atom. The summed E-state index contributed by atoms with van der Waals surface area (Å²) in [6.45, 7) is 2.85. The smallest absolute Gasteiger partial charge is 0.213 e. The normalized spacial score (nSPS) is 13.4. The van der Waals surface area contributed by atoms with Gasteiger partial charge in [-0.2, -0.15) is 5.10 Å². The SMILES string of the molecule is CN=C(NCc1ccnc(OCC2CC2)c1)NCc1ccccc1Cn1cccn1.I. The van der Waals surface area contributed by atoms with Crippen LogP contribution in [0.15, 0.2) is 66.0 Å². The first-order valence-electron chi connectivity index (χ1n) is 10.4. The number of guanidine groups is 1. The molecule has 0 bridgehead atoms. The van der Waals surface area contributed by atoms with Gasteiger partial charge in [0.2, 0.25) is 5.88 Å². The van der Waals surface area contributed by atoms with Crippen molar-refractivity contribution in [3.8, 4) is 5.88 Å². The Hall–Kier alpha value is -2.62. The van der Waals surface area contributed by atoms with Crippen molar-refractivity contribution < 1.29 is 4.74 Å². The summed E-state index contributed by atoms with van der Waals surface area (Å²) < 4.78 is 7.70. The molecule has 2 aromatic heterocycles. The molecule has 1 fully saturated rings. The highest BCUT2D eigenvalue weighted by molar-refractivity contribution is 14.0. The number of hydrogen-bond donors (Lipinski definition) is 2. The van der Waals surface area contributed by atoms with Crippen molar-refractivity contribution in [3.63, 3.8) is 0 Å². The van der Waals surface area contributed by atoms with E-state index in [0.717, 1.165) is 24.7 Å². The molecule has 2 heterocycles. The molecule has 0 spiro atoms. The number of aromatic nitrogens is 3. The molecule has 2 N–H and O–H groups in total. The lowest BCUT2D eigenvalue weighted by atomic mass is 10.1. The Morgan fingerprint density at radius 2 is 1.90 bits per heavy atom. The maximum absolute atomic E-state index is 5.77. The van der Waals surface area contributed by atoms with Crippen LogP contribution in [-0.2, 0) is 19.6 Å². The number of rotatable bonds is 9. The van der Waals surface area contributed by atoms with Gasteiger partial charge in [-0.25, -0.2) is 4.98 Å². The molecule has 1 saturated carbocycles. The second-order valence-corrected chi connectivity index (χ2v) is 7.51. The Balaban J connectivity index is 0.00000272. The average molecular weight is 532 g/mol. The fraction of sp³-hybridized carbons (Fsp3) is 0.348. The van der Waals surface area contributed by atoms with E-state index in [9.17, 15) is 0 Å². The number of ether oxygens (including phenoxy) is 1. The maximum atomic E-state index is 5.77. The van der Waals surface area contributed by atoms with Crippen LogP contribution in [0.25, 0.3) is 0 Å². The van der Waals surface area contributed by atoms with Gasteiger partial charge in [-0.05, 0) is 47.6 Å². The second kappa shape index (κ2) is 11.7. The van der Waals surface area contributed by atoms with Crippen LogP contribution < -0.4 is 15.4 Å². The van der Waals surface area contributed by atoms with Gasteiger partial charge in [0.1, 0.15) is 0 Å². The van der Waals surface area contributed by atoms with E-state index >= 15 is 0 Å². The molecule has 8 heteroatoms. The van der Waals surface area contributed by atoms with Crippen LogP contribution in [0, 0.1) is 5.92 Å². The maximum Gasteiger partial charge on any atom is 0.213 e. The van der Waals surface area contributed by atoms with Gasteiger partial charge in [-0.3, -0.25) is 9.67 Å². The number of hydrogen-bond acceptors (Lipinski definition) is 4. The molecule has 0 aliphatic heterocycles. The summed E-state index contributed by atoms with van der Waals surface area (Å²) in [7, 11) is 1.78. The number of aliphatic imine (C=N–C) groups is 1. The number of benzene rings is 1. The fourth-order valence-electron chi connectivity index (χ4n) is 3.17. The van der Waals surface area contributed by atoms with Crippen LogP contribution in [-0.4, -0.2) is 34.4 Å². The van der Waals surface area contributed by atoms with Gasteiger partial charge in [0.15, 0.2) is 5.96 Å². The summed E-state index contributed by atoms with van der Waals surface area (Å²) in [6, 6.07) is 14.3. The third kappa shape index (κ3) is 7.23. The lowest BCUT2D eigenvalue weighted by Crippen LogP contribution is -2.36. The van der Waals surface area contributed by atoms with E-state index in [1.54, 1.807) is 19.4 Å². The van der Waals surface area contributed by atoms with Crippen molar-refractivity contribution in [3.05, 3.63) is 77.7 Å². The van der Waals surface area contributed by atoms with Crippen molar-refractivity contribution in [1.82, 2.24) is 25.4 Å². The largest absolute Gasteiger partial charge is 0.477 e. The van der Waals surface area contributed by atoms with Crippen molar-refractivity contribution >= 4 is 29.9 Å². The molecular weight excluding hydrogens is 503 g/mol. The Labute approximate surface area is 200 Å². The molecule has 1 aliphatic carbocycles. The van der Waals surface area contributed by atoms with Crippen molar-refractivity contribution in [2.45, 2.75) is 32.5 Å². The quantitative estimate of drug-likeness (QED) is 0.250. The third-order valence-corrected chi connectivity index (χ3v) is 5.10. The van der Waals surface area contributed by atoms with Crippen LogP contribution in [0.1, 0.15) is 29.5 Å². The first-order chi connectivity index (χ1) is 14.8. The molecule has 0 amide bonds. The highest BCUT2D eigenvalue weighted by atomic mass is 127. The summed E-state index contributed by atoms with van der Waals surface area (Å²) in [4.78, 5) is 8.64. The van der Waals surface area contributed by atoms with Gasteiger partial charge in [-0.15, -0.1) is 24.0 Å². The fourth-order valence-corrected chi connectivity index (χ4v) is 3.17. The Bertz CT molecular complexity index is 972. The van der Waals surface area contributed by atoms with E-state index in [1.807, 2.05) is 29.1 Å². The van der Waals surface area contributed by atoms with Crippen molar-refractivity contribution in [2.24, 2.45) is 10.9 Å². The summed E-state index contributed by atoms with van der Waals surface area (Å²) in [6.07, 6.45) is 8.11. The summed E-state index contributed by atoms with van der Waals surface area (Å²) in [5.74, 6) is 2.16. The molecule has 0 radical (unpaired) electrons. The molecule has 0 atom stereocenters. The van der Waals surface area contributed by atoms with Gasteiger partial charge >= 0.3 is 0 Å². The minimum Gasteiger partial charge on any atom is -0.477 e. The van der Waals surface area contributed by atoms with Gasteiger partial charge in [0.25, 0.3) is 0 Å². The Morgan fingerprint density at radius 1 is 1.10 bits per heavy atom. The zero-order valence-corrected chi connectivity index (χ0v) is 20.0. The molecule has 0 saturated heterocycles. The minimum atomic E-state index is 0. The monoisotopic (exact) mass is 532 g/mol. The zero-order chi connectivity index (χ0) is 20.6. The van der Waals surface area contributed by atoms with E-state index in [0.29, 0.717) is 24.9 Å². The van der Waals surface area contributed by atoms with Crippen LogP contribution >= 0.6 is 24.0 Å².